The number of nitrogen functional groups attached to an aromatic ring is 1. The maximum absolute atomic E-state index is 12.0. The number of nitrogens with zero attached hydrogens (tertiary/aromatic N) is 2. The van der Waals surface area contributed by atoms with Crippen molar-refractivity contribution >= 4 is 77.7 Å². The number of ketones is 1. The molecule has 0 amide bonds. The van der Waals surface area contributed by atoms with E-state index < -0.39 is 5.97 Å². The molecule has 0 aliphatic heterocycles. The summed E-state index contributed by atoms with van der Waals surface area (Å²) in [6, 6.07) is 15.6. The Labute approximate surface area is 276 Å². The number of ether oxygens (including phenoxy) is 2. The van der Waals surface area contributed by atoms with Crippen molar-refractivity contribution in [3.05, 3.63) is 63.0 Å². The van der Waals surface area contributed by atoms with Crippen LogP contribution in [-0.4, -0.2) is 122 Å². The molecular weight excluding hydrogens is 708 g/mol. The van der Waals surface area contributed by atoms with E-state index in [9.17, 15) is 19.2 Å². The van der Waals surface area contributed by atoms with Gasteiger partial charge in [-0.05, 0) is 14.1 Å². The van der Waals surface area contributed by atoms with Gasteiger partial charge < -0.3 is 10.0 Å². The van der Waals surface area contributed by atoms with Crippen LogP contribution in [0, 0.1) is 0 Å². The van der Waals surface area contributed by atoms with Gasteiger partial charge in [0.1, 0.15) is 0 Å². The number of nitrogens with two attached hydrogens (primary N) is 1. The van der Waals surface area contributed by atoms with Crippen molar-refractivity contribution in [2.24, 2.45) is 0 Å². The molecule has 0 unspecified atom stereocenters. The zero-order valence-corrected chi connectivity index (χ0v) is 30.2. The first-order valence-electron chi connectivity index (χ1n) is 14.5. The number of esters is 2. The van der Waals surface area contributed by atoms with Crippen LogP contribution in [0.15, 0.2) is 48.5 Å². The van der Waals surface area contributed by atoms with Crippen molar-refractivity contribution in [1.29, 1.82) is 0 Å². The van der Waals surface area contributed by atoms with E-state index in [4.69, 9.17) is 20.3 Å². The minimum absolute atomic E-state index is 0.00898. The van der Waals surface area contributed by atoms with Gasteiger partial charge in [0.2, 0.25) is 0 Å². The molecular formula is C33H43N3O7Se2. The second-order valence-corrected chi connectivity index (χ2v) is 15.1. The third-order valence-electron chi connectivity index (χ3n) is 6.09. The van der Waals surface area contributed by atoms with Gasteiger partial charge >= 0.3 is 236 Å². The van der Waals surface area contributed by atoms with Crippen LogP contribution < -0.4 is 5.73 Å². The van der Waals surface area contributed by atoms with Crippen LogP contribution in [0.25, 0.3) is 19.3 Å². The van der Waals surface area contributed by atoms with E-state index in [1.54, 1.807) is 0 Å². The smallest absolute Gasteiger partial charge is 0.304 e. The SMILES string of the molecule is CCOC(=O)c1cc2cc(CC(=O)CCN(C)C)ccc2[se]1.CCOC(=O)c1cc2cc(N)ccc2[se]1.CN(C)CCC(=O)O. The van der Waals surface area contributed by atoms with Crippen molar-refractivity contribution in [2.75, 3.05) is 60.2 Å². The largest absolute Gasteiger partial charge is 0.481 e. The number of aliphatic carboxylic acids is 1. The van der Waals surface area contributed by atoms with E-state index >= 15 is 0 Å². The molecule has 0 radical (unpaired) electrons. The molecule has 0 aliphatic carbocycles. The van der Waals surface area contributed by atoms with E-state index in [0.717, 1.165) is 37.4 Å². The number of rotatable bonds is 12. The van der Waals surface area contributed by atoms with Crippen molar-refractivity contribution in [3.8, 4) is 0 Å². The standard InChI is InChI=1S/C17H21NO3Se.C11H11NO2Se.C5H11NO2/c1-4-21-17(20)16-11-13-9-12(5-6-15(13)22-16)10-14(19)7-8-18(2)3;1-2-14-11(13)10-6-7-5-8(12)3-4-9(7)15-10;1-6(2)4-3-5(7)8/h5-6,9,11H,4,7-8,10H2,1-3H3;3-6H,2,12H2,1H3;3-4H2,1-2H3,(H,7,8). The van der Waals surface area contributed by atoms with Gasteiger partial charge in [-0.1, -0.05) is 0 Å². The molecule has 0 saturated heterocycles. The summed E-state index contributed by atoms with van der Waals surface area (Å²) in [5, 5.41) is 10.2. The molecule has 4 aromatic rings. The molecule has 0 aliphatic rings. The molecule has 0 fully saturated rings. The topological polar surface area (TPSA) is 139 Å². The molecule has 45 heavy (non-hydrogen) atoms. The molecule has 12 heteroatoms. The number of fused-ring (bicyclic) bond motifs is 2. The summed E-state index contributed by atoms with van der Waals surface area (Å²) in [5.74, 6) is -0.917. The Morgan fingerprint density at radius 2 is 1.22 bits per heavy atom. The van der Waals surface area contributed by atoms with Crippen LogP contribution in [-0.2, 0) is 25.5 Å². The van der Waals surface area contributed by atoms with Crippen LogP contribution in [0.2, 0.25) is 0 Å². The maximum atomic E-state index is 12.0. The Bertz CT molecular complexity index is 1580. The summed E-state index contributed by atoms with van der Waals surface area (Å²) in [6.45, 7) is 5.84. The van der Waals surface area contributed by atoms with Crippen LogP contribution in [0.3, 0.4) is 0 Å². The second kappa shape index (κ2) is 19.3. The summed E-state index contributed by atoms with van der Waals surface area (Å²) in [5.41, 5.74) is 7.41. The zero-order chi connectivity index (χ0) is 33.5. The predicted molar refractivity (Wildman–Crippen MR) is 181 cm³/mol. The Balaban J connectivity index is 0.000000264. The van der Waals surface area contributed by atoms with Crippen molar-refractivity contribution in [2.45, 2.75) is 33.1 Å². The quantitative estimate of drug-likeness (QED) is 0.125. The Morgan fingerprint density at radius 3 is 1.69 bits per heavy atom. The summed E-state index contributed by atoms with van der Waals surface area (Å²) < 4.78 is 13.9. The number of carboxylic acid groups (broad SMARTS) is 1. The van der Waals surface area contributed by atoms with Crippen molar-refractivity contribution in [1.82, 2.24) is 9.80 Å². The molecule has 0 bridgehead atoms. The first kappa shape index (κ1) is 37.9. The van der Waals surface area contributed by atoms with E-state index in [1.165, 1.54) is 8.52 Å². The number of benzene rings is 2. The summed E-state index contributed by atoms with van der Waals surface area (Å²) in [6.07, 6.45) is 1.25. The maximum Gasteiger partial charge on any atom is 0.304 e. The Hall–Kier alpha value is -3.24. The minimum atomic E-state index is -0.737. The van der Waals surface area contributed by atoms with Crippen LogP contribution in [0.5, 0.6) is 0 Å². The van der Waals surface area contributed by atoms with Crippen LogP contribution >= 0.6 is 0 Å². The van der Waals surface area contributed by atoms with Crippen molar-refractivity contribution < 1.29 is 33.8 Å². The van der Waals surface area contributed by atoms with Gasteiger partial charge in [-0.25, -0.2) is 0 Å². The van der Waals surface area contributed by atoms with Gasteiger partial charge in [0.25, 0.3) is 0 Å². The van der Waals surface area contributed by atoms with Gasteiger partial charge in [-0.3, -0.25) is 4.79 Å². The molecule has 2 aromatic carbocycles. The number of Topliss-reactive ketones (excluding diaryl/α,β-unsaturated/α-hetero) is 1. The van der Waals surface area contributed by atoms with Gasteiger partial charge in [-0.15, -0.1) is 0 Å². The predicted octanol–water partition coefficient (Wildman–Crippen LogP) is 3.82. The molecule has 2 aromatic heterocycles. The van der Waals surface area contributed by atoms with Gasteiger partial charge in [0, 0.05) is 6.54 Å². The first-order valence-corrected chi connectivity index (χ1v) is 17.9. The van der Waals surface area contributed by atoms with E-state index in [-0.39, 0.29) is 53.1 Å². The Kier molecular flexibility index (Phi) is 16.3. The second-order valence-electron chi connectivity index (χ2n) is 10.5. The number of carbonyl (C=O) groups excluding carboxylic acids is 3. The number of hydrogen-bond acceptors (Lipinski definition) is 9. The molecule has 0 saturated carbocycles. The molecule has 10 nitrogen and oxygen atoms in total. The molecule has 4 rings (SSSR count). The third kappa shape index (κ3) is 13.7. The zero-order valence-electron chi connectivity index (χ0n) is 26.8. The number of carboxylic acids is 1. The van der Waals surface area contributed by atoms with E-state index in [0.29, 0.717) is 32.6 Å². The van der Waals surface area contributed by atoms with Gasteiger partial charge in [0.15, 0.2) is 0 Å². The van der Waals surface area contributed by atoms with Crippen LogP contribution in [0.1, 0.15) is 50.7 Å². The van der Waals surface area contributed by atoms with Crippen molar-refractivity contribution in [3.63, 3.8) is 0 Å². The van der Waals surface area contributed by atoms with E-state index in [1.807, 2.05) is 100 Å². The fourth-order valence-electron chi connectivity index (χ4n) is 3.85. The molecule has 3 N–H and O–H groups in total. The summed E-state index contributed by atoms with van der Waals surface area (Å²) in [7, 11) is 7.63. The third-order valence-corrected chi connectivity index (χ3v) is 10.7. The number of carbonyl (C=O) groups is 4. The average molecular weight is 752 g/mol. The molecule has 0 spiro atoms. The van der Waals surface area contributed by atoms with E-state index in [2.05, 4.69) is 0 Å². The fourth-order valence-corrected chi connectivity index (χ4v) is 7.79. The number of hydrogen-bond donors (Lipinski definition) is 2. The minimum Gasteiger partial charge on any atom is -0.481 e. The molecule has 2 heterocycles. The number of anilines is 1. The Morgan fingerprint density at radius 1 is 0.733 bits per heavy atom. The van der Waals surface area contributed by atoms with Crippen LogP contribution in [0.4, 0.5) is 5.69 Å². The summed E-state index contributed by atoms with van der Waals surface area (Å²) in [4.78, 5) is 49.0. The first-order chi connectivity index (χ1) is 21.3. The fraction of sp³-hybridized carbons (Fsp3) is 0.394. The average Bonchev–Trinajstić information content (AvgIpc) is 3.60. The molecule has 0 atom stereocenters. The normalized spacial score (nSPS) is 10.7. The molecule has 244 valence electrons. The van der Waals surface area contributed by atoms with Gasteiger partial charge in [-0.2, -0.15) is 0 Å². The van der Waals surface area contributed by atoms with Gasteiger partial charge in [0.05, 0.1) is 6.42 Å². The summed E-state index contributed by atoms with van der Waals surface area (Å²) >= 11 is 0.0737. The monoisotopic (exact) mass is 753 g/mol.